The summed E-state index contributed by atoms with van der Waals surface area (Å²) in [7, 11) is 4.85. The number of rotatable bonds is 7. The molecular weight excluding hydrogens is 296 g/mol. The summed E-state index contributed by atoms with van der Waals surface area (Å²) in [4.78, 5) is 25.7. The van der Waals surface area contributed by atoms with Crippen molar-refractivity contribution in [1.82, 2.24) is 10.2 Å². The van der Waals surface area contributed by atoms with Crippen LogP contribution < -0.4 is 10.1 Å². The number of nitrogens with zero attached hydrogens (tertiary/aromatic N) is 1. The fourth-order valence-electron chi connectivity index (χ4n) is 2.94. The number of likely N-dealkylation sites (tertiary alicyclic amines) is 1. The molecule has 0 spiro atoms. The quantitative estimate of drug-likeness (QED) is 0.817. The summed E-state index contributed by atoms with van der Waals surface area (Å²) >= 11 is 0. The SMILES string of the molecule is CNC(=O)c1ccc(OC)c(C[C@@H]2CC(=O)N(CCOC)C2)c1. The molecule has 1 aromatic rings. The lowest BCUT2D eigenvalue weighted by molar-refractivity contribution is -0.128. The Kier molecular flexibility index (Phi) is 5.98. The number of nitrogens with one attached hydrogen (secondary N) is 1. The Morgan fingerprint density at radius 3 is 2.83 bits per heavy atom. The lowest BCUT2D eigenvalue weighted by Gasteiger charge is -2.17. The summed E-state index contributed by atoms with van der Waals surface area (Å²) in [6, 6.07) is 5.39. The van der Waals surface area contributed by atoms with Crippen molar-refractivity contribution in [3.8, 4) is 5.75 Å². The van der Waals surface area contributed by atoms with Gasteiger partial charge in [0.05, 0.1) is 13.7 Å². The molecule has 126 valence electrons. The summed E-state index contributed by atoms with van der Waals surface area (Å²) in [5.41, 5.74) is 1.56. The monoisotopic (exact) mass is 320 g/mol. The lowest BCUT2D eigenvalue weighted by Crippen LogP contribution is -2.29. The first-order chi connectivity index (χ1) is 11.1. The summed E-state index contributed by atoms with van der Waals surface area (Å²) in [5.74, 6) is 1.01. The zero-order chi connectivity index (χ0) is 16.8. The van der Waals surface area contributed by atoms with Crippen LogP contribution in [0.1, 0.15) is 22.3 Å². The van der Waals surface area contributed by atoms with E-state index in [-0.39, 0.29) is 17.7 Å². The van der Waals surface area contributed by atoms with Gasteiger partial charge in [0.1, 0.15) is 5.75 Å². The van der Waals surface area contributed by atoms with Crippen LogP contribution in [0.15, 0.2) is 18.2 Å². The first-order valence-corrected chi connectivity index (χ1v) is 7.74. The van der Waals surface area contributed by atoms with Crippen LogP contribution in [-0.2, 0) is 16.0 Å². The molecule has 1 fully saturated rings. The molecule has 0 saturated carbocycles. The fourth-order valence-corrected chi connectivity index (χ4v) is 2.94. The zero-order valence-electron chi connectivity index (χ0n) is 13.9. The number of ether oxygens (including phenoxy) is 2. The highest BCUT2D eigenvalue weighted by Gasteiger charge is 2.30. The van der Waals surface area contributed by atoms with Gasteiger partial charge in [0, 0.05) is 39.2 Å². The summed E-state index contributed by atoms with van der Waals surface area (Å²) in [6.45, 7) is 1.89. The van der Waals surface area contributed by atoms with Gasteiger partial charge in [0.25, 0.3) is 5.91 Å². The maximum Gasteiger partial charge on any atom is 0.251 e. The van der Waals surface area contributed by atoms with E-state index in [1.807, 2.05) is 11.0 Å². The molecule has 0 bridgehead atoms. The summed E-state index contributed by atoms with van der Waals surface area (Å²) < 4.78 is 10.4. The van der Waals surface area contributed by atoms with Gasteiger partial charge < -0.3 is 19.7 Å². The Bertz CT molecular complexity index is 574. The Hall–Kier alpha value is -2.08. The molecule has 6 nitrogen and oxygen atoms in total. The van der Waals surface area contributed by atoms with Crippen LogP contribution in [0, 0.1) is 5.92 Å². The van der Waals surface area contributed by atoms with E-state index in [1.165, 1.54) is 0 Å². The number of carbonyl (C=O) groups excluding carboxylic acids is 2. The van der Waals surface area contributed by atoms with Gasteiger partial charge >= 0.3 is 0 Å². The van der Waals surface area contributed by atoms with E-state index in [1.54, 1.807) is 33.4 Å². The lowest BCUT2D eigenvalue weighted by atomic mass is 9.96. The Labute approximate surface area is 136 Å². The van der Waals surface area contributed by atoms with Crippen LogP contribution in [-0.4, -0.2) is 57.7 Å². The molecule has 23 heavy (non-hydrogen) atoms. The van der Waals surface area contributed by atoms with E-state index in [2.05, 4.69) is 5.32 Å². The second kappa shape index (κ2) is 7.97. The van der Waals surface area contributed by atoms with Crippen molar-refractivity contribution in [2.24, 2.45) is 5.92 Å². The normalized spacial score (nSPS) is 17.4. The summed E-state index contributed by atoms with van der Waals surface area (Å²) in [5, 5.41) is 2.62. The van der Waals surface area contributed by atoms with Crippen molar-refractivity contribution < 1.29 is 19.1 Å². The molecule has 2 amide bonds. The molecule has 0 aliphatic carbocycles. The zero-order valence-corrected chi connectivity index (χ0v) is 13.9. The Morgan fingerprint density at radius 1 is 1.39 bits per heavy atom. The van der Waals surface area contributed by atoms with Crippen LogP contribution in [0.3, 0.4) is 0 Å². The highest BCUT2D eigenvalue weighted by molar-refractivity contribution is 5.94. The maximum absolute atomic E-state index is 12.0. The van der Waals surface area contributed by atoms with E-state index >= 15 is 0 Å². The molecule has 2 rings (SSSR count). The van der Waals surface area contributed by atoms with Gasteiger partial charge in [0.15, 0.2) is 0 Å². The van der Waals surface area contributed by atoms with Gasteiger partial charge in [-0.15, -0.1) is 0 Å². The van der Waals surface area contributed by atoms with E-state index in [0.29, 0.717) is 31.6 Å². The molecule has 1 aromatic carbocycles. The fraction of sp³-hybridized carbons (Fsp3) is 0.529. The molecule has 1 N–H and O–H groups in total. The van der Waals surface area contributed by atoms with E-state index in [4.69, 9.17) is 9.47 Å². The molecule has 1 aliphatic rings. The number of amides is 2. The standard InChI is InChI=1S/C17H24N2O4/c1-18-17(21)13-4-5-15(23-3)14(10-13)8-12-9-16(20)19(11-12)6-7-22-2/h4-5,10,12H,6-9,11H2,1-3H3,(H,18,21)/t12-/m1/s1. The molecule has 1 saturated heterocycles. The third-order valence-corrected chi connectivity index (χ3v) is 4.14. The Balaban J connectivity index is 2.10. The minimum absolute atomic E-state index is 0.127. The van der Waals surface area contributed by atoms with Crippen LogP contribution in [0.25, 0.3) is 0 Å². The van der Waals surface area contributed by atoms with E-state index in [9.17, 15) is 9.59 Å². The molecule has 0 aromatic heterocycles. The second-order valence-electron chi connectivity index (χ2n) is 5.71. The first kappa shape index (κ1) is 17.3. The number of carbonyl (C=O) groups is 2. The van der Waals surface area contributed by atoms with Crippen molar-refractivity contribution in [2.75, 3.05) is 41.0 Å². The van der Waals surface area contributed by atoms with Gasteiger partial charge in [-0.2, -0.15) is 0 Å². The van der Waals surface area contributed by atoms with Crippen molar-refractivity contribution in [1.29, 1.82) is 0 Å². The van der Waals surface area contributed by atoms with Crippen LogP contribution in [0.2, 0.25) is 0 Å². The van der Waals surface area contributed by atoms with E-state index < -0.39 is 0 Å². The number of hydrogen-bond donors (Lipinski definition) is 1. The number of benzene rings is 1. The van der Waals surface area contributed by atoms with Gasteiger partial charge in [-0.3, -0.25) is 9.59 Å². The van der Waals surface area contributed by atoms with E-state index in [0.717, 1.165) is 17.9 Å². The minimum Gasteiger partial charge on any atom is -0.496 e. The van der Waals surface area contributed by atoms with Crippen molar-refractivity contribution in [2.45, 2.75) is 12.8 Å². The first-order valence-electron chi connectivity index (χ1n) is 7.74. The maximum atomic E-state index is 12.0. The van der Waals surface area contributed by atoms with Crippen LogP contribution >= 0.6 is 0 Å². The van der Waals surface area contributed by atoms with Crippen molar-refractivity contribution >= 4 is 11.8 Å². The molecule has 6 heteroatoms. The third-order valence-electron chi connectivity index (χ3n) is 4.14. The average Bonchev–Trinajstić information content (AvgIpc) is 2.91. The van der Waals surface area contributed by atoms with Gasteiger partial charge in [-0.1, -0.05) is 0 Å². The third kappa shape index (κ3) is 4.22. The molecule has 1 atom stereocenters. The van der Waals surface area contributed by atoms with Crippen molar-refractivity contribution in [3.05, 3.63) is 29.3 Å². The molecule has 0 radical (unpaired) electrons. The van der Waals surface area contributed by atoms with Gasteiger partial charge in [-0.25, -0.2) is 0 Å². The largest absolute Gasteiger partial charge is 0.496 e. The number of methoxy groups -OCH3 is 2. The summed E-state index contributed by atoms with van der Waals surface area (Å²) in [6.07, 6.45) is 1.24. The highest BCUT2D eigenvalue weighted by Crippen LogP contribution is 2.27. The molecule has 0 unspecified atom stereocenters. The number of hydrogen-bond acceptors (Lipinski definition) is 4. The minimum atomic E-state index is -0.127. The molecule has 1 heterocycles. The Morgan fingerprint density at radius 2 is 2.17 bits per heavy atom. The molecule has 1 aliphatic heterocycles. The second-order valence-corrected chi connectivity index (χ2v) is 5.71. The smallest absolute Gasteiger partial charge is 0.251 e. The predicted octanol–water partition coefficient (Wildman–Crippen LogP) is 1.09. The van der Waals surface area contributed by atoms with Gasteiger partial charge in [-0.05, 0) is 36.1 Å². The van der Waals surface area contributed by atoms with Crippen LogP contribution in [0.5, 0.6) is 5.75 Å². The highest BCUT2D eigenvalue weighted by atomic mass is 16.5. The topological polar surface area (TPSA) is 67.9 Å². The van der Waals surface area contributed by atoms with Crippen molar-refractivity contribution in [3.63, 3.8) is 0 Å². The average molecular weight is 320 g/mol. The van der Waals surface area contributed by atoms with Crippen LogP contribution in [0.4, 0.5) is 0 Å². The predicted molar refractivity (Wildman–Crippen MR) is 86.7 cm³/mol. The van der Waals surface area contributed by atoms with Gasteiger partial charge in [0.2, 0.25) is 5.91 Å². The molecular formula is C17H24N2O4.